The van der Waals surface area contributed by atoms with Gasteiger partial charge in [-0.1, -0.05) is 6.07 Å². The molecule has 2 N–H and O–H groups in total. The SMILES string of the molecule is COC(=O)c1cc(NC(=O)N[C@@H](C)c2ncnn2-c2ncccn2)c(C)cc1C. The Hall–Kier alpha value is -3.82. The van der Waals surface area contributed by atoms with Crippen LogP contribution in [-0.2, 0) is 4.74 Å². The van der Waals surface area contributed by atoms with Crippen LogP contribution in [0.15, 0.2) is 36.9 Å². The van der Waals surface area contributed by atoms with Gasteiger partial charge in [-0.05, 0) is 44.0 Å². The summed E-state index contributed by atoms with van der Waals surface area (Å²) in [5, 5.41) is 9.68. The van der Waals surface area contributed by atoms with Gasteiger partial charge in [-0.25, -0.2) is 24.5 Å². The topological polar surface area (TPSA) is 124 Å². The molecule has 0 unspecified atom stereocenters. The minimum atomic E-state index is -0.480. The third-order valence-electron chi connectivity index (χ3n) is 4.28. The van der Waals surface area contributed by atoms with E-state index in [0.29, 0.717) is 23.0 Å². The Morgan fingerprint density at radius 2 is 1.83 bits per heavy atom. The molecule has 0 aliphatic rings. The van der Waals surface area contributed by atoms with E-state index in [2.05, 4.69) is 30.7 Å². The summed E-state index contributed by atoms with van der Waals surface area (Å²) >= 11 is 0. The van der Waals surface area contributed by atoms with Gasteiger partial charge >= 0.3 is 12.0 Å². The van der Waals surface area contributed by atoms with E-state index in [-0.39, 0.29) is 0 Å². The molecule has 1 atom stereocenters. The number of hydrogen-bond donors (Lipinski definition) is 2. The molecule has 150 valence electrons. The first-order valence-corrected chi connectivity index (χ1v) is 8.85. The van der Waals surface area contributed by atoms with Crippen molar-refractivity contribution in [1.82, 2.24) is 30.0 Å². The normalized spacial score (nSPS) is 11.6. The first-order chi connectivity index (χ1) is 13.9. The van der Waals surface area contributed by atoms with Gasteiger partial charge in [-0.3, -0.25) is 0 Å². The van der Waals surface area contributed by atoms with Crippen LogP contribution >= 0.6 is 0 Å². The number of ether oxygens (including phenoxy) is 1. The molecule has 2 amide bonds. The molecule has 0 spiro atoms. The van der Waals surface area contributed by atoms with E-state index in [1.807, 2.05) is 19.9 Å². The molecule has 0 saturated heterocycles. The van der Waals surface area contributed by atoms with Crippen LogP contribution in [-0.4, -0.2) is 43.8 Å². The van der Waals surface area contributed by atoms with Gasteiger partial charge < -0.3 is 15.4 Å². The molecule has 0 aliphatic carbocycles. The first kappa shape index (κ1) is 19.9. The van der Waals surface area contributed by atoms with E-state index >= 15 is 0 Å². The second-order valence-electron chi connectivity index (χ2n) is 6.37. The van der Waals surface area contributed by atoms with E-state index < -0.39 is 18.0 Å². The van der Waals surface area contributed by atoms with Gasteiger partial charge in [0, 0.05) is 18.1 Å². The van der Waals surface area contributed by atoms with Gasteiger partial charge in [-0.15, -0.1) is 0 Å². The number of aryl methyl sites for hydroxylation is 2. The molecular weight excluding hydrogens is 374 g/mol. The highest BCUT2D eigenvalue weighted by Crippen LogP contribution is 2.22. The van der Waals surface area contributed by atoms with E-state index in [1.54, 1.807) is 31.5 Å². The summed E-state index contributed by atoms with van der Waals surface area (Å²) in [5.41, 5.74) is 2.49. The van der Waals surface area contributed by atoms with Crippen molar-refractivity contribution in [1.29, 1.82) is 0 Å². The van der Waals surface area contributed by atoms with Crippen molar-refractivity contribution >= 4 is 17.7 Å². The van der Waals surface area contributed by atoms with Crippen molar-refractivity contribution in [3.8, 4) is 5.95 Å². The highest BCUT2D eigenvalue weighted by atomic mass is 16.5. The molecule has 0 bridgehead atoms. The Balaban J connectivity index is 1.75. The predicted molar refractivity (Wildman–Crippen MR) is 105 cm³/mol. The minimum Gasteiger partial charge on any atom is -0.465 e. The van der Waals surface area contributed by atoms with Crippen molar-refractivity contribution < 1.29 is 14.3 Å². The number of benzene rings is 1. The van der Waals surface area contributed by atoms with Crippen molar-refractivity contribution in [2.24, 2.45) is 0 Å². The Morgan fingerprint density at radius 1 is 1.10 bits per heavy atom. The summed E-state index contributed by atoms with van der Waals surface area (Å²) in [6.45, 7) is 5.42. The fourth-order valence-corrected chi connectivity index (χ4v) is 2.84. The maximum atomic E-state index is 12.5. The average Bonchev–Trinajstić information content (AvgIpc) is 3.20. The van der Waals surface area contributed by atoms with Crippen molar-refractivity contribution in [2.45, 2.75) is 26.8 Å². The number of esters is 1. The van der Waals surface area contributed by atoms with Crippen LogP contribution in [0.5, 0.6) is 0 Å². The summed E-state index contributed by atoms with van der Waals surface area (Å²) < 4.78 is 6.24. The Kier molecular flexibility index (Phi) is 5.82. The van der Waals surface area contributed by atoms with Crippen LogP contribution < -0.4 is 10.6 Å². The zero-order chi connectivity index (χ0) is 21.0. The summed E-state index contributed by atoms with van der Waals surface area (Å²) in [6, 6.07) is 4.17. The monoisotopic (exact) mass is 395 g/mol. The number of carbonyl (C=O) groups is 2. The molecule has 3 aromatic rings. The quantitative estimate of drug-likeness (QED) is 0.635. The molecular formula is C19H21N7O3. The molecule has 2 heterocycles. The third-order valence-corrected chi connectivity index (χ3v) is 4.28. The first-order valence-electron chi connectivity index (χ1n) is 8.85. The van der Waals surface area contributed by atoms with Crippen molar-refractivity contribution in [3.05, 3.63) is 59.4 Å². The second-order valence-corrected chi connectivity index (χ2v) is 6.37. The molecule has 0 saturated carbocycles. The standard InChI is InChI=1S/C19H21N7O3/c1-11-8-12(2)15(9-14(11)17(27)29-4)25-19(28)24-13(3)16-22-10-23-26(16)18-20-6-5-7-21-18/h5-10,13H,1-4H3,(H2,24,25,28)/t13-/m0/s1. The molecule has 0 fully saturated rings. The Labute approximate surface area is 167 Å². The number of aromatic nitrogens is 5. The fourth-order valence-electron chi connectivity index (χ4n) is 2.84. The molecule has 10 heteroatoms. The van der Waals surface area contributed by atoms with E-state index in [9.17, 15) is 9.59 Å². The molecule has 2 aromatic heterocycles. The van der Waals surface area contributed by atoms with Crippen LogP contribution in [0.3, 0.4) is 0 Å². The van der Waals surface area contributed by atoms with Gasteiger partial charge in [0.1, 0.15) is 6.33 Å². The maximum Gasteiger partial charge on any atom is 0.338 e. The smallest absolute Gasteiger partial charge is 0.338 e. The molecule has 3 rings (SSSR count). The van der Waals surface area contributed by atoms with Gasteiger partial charge in [0.15, 0.2) is 5.82 Å². The zero-order valence-electron chi connectivity index (χ0n) is 16.5. The summed E-state index contributed by atoms with van der Waals surface area (Å²) in [6.07, 6.45) is 4.56. The summed E-state index contributed by atoms with van der Waals surface area (Å²) in [4.78, 5) is 36.9. The fraction of sp³-hybridized carbons (Fsp3) is 0.263. The lowest BCUT2D eigenvalue weighted by Gasteiger charge is -2.16. The molecule has 10 nitrogen and oxygen atoms in total. The van der Waals surface area contributed by atoms with Crippen LogP contribution in [0.4, 0.5) is 10.5 Å². The van der Waals surface area contributed by atoms with Gasteiger partial charge in [0.2, 0.25) is 0 Å². The summed E-state index contributed by atoms with van der Waals surface area (Å²) in [5.74, 6) is 0.365. The molecule has 0 aliphatic heterocycles. The van der Waals surface area contributed by atoms with E-state index in [1.165, 1.54) is 18.1 Å². The van der Waals surface area contributed by atoms with Crippen LogP contribution in [0.25, 0.3) is 5.95 Å². The number of carbonyl (C=O) groups excluding carboxylic acids is 2. The van der Waals surface area contributed by atoms with E-state index in [4.69, 9.17) is 4.74 Å². The Bertz CT molecular complexity index is 1030. The largest absolute Gasteiger partial charge is 0.465 e. The number of anilines is 1. The molecule has 29 heavy (non-hydrogen) atoms. The highest BCUT2D eigenvalue weighted by molar-refractivity contribution is 5.95. The van der Waals surface area contributed by atoms with Crippen LogP contribution in [0, 0.1) is 13.8 Å². The number of methoxy groups -OCH3 is 1. The van der Waals surface area contributed by atoms with Gasteiger partial charge in [0.25, 0.3) is 5.95 Å². The van der Waals surface area contributed by atoms with Crippen molar-refractivity contribution in [3.63, 3.8) is 0 Å². The number of rotatable bonds is 5. The van der Waals surface area contributed by atoms with Crippen molar-refractivity contribution in [2.75, 3.05) is 12.4 Å². The number of nitrogens with one attached hydrogen (secondary N) is 2. The average molecular weight is 395 g/mol. The maximum absolute atomic E-state index is 12.5. The predicted octanol–water partition coefficient (Wildman–Crippen LogP) is 2.34. The Morgan fingerprint density at radius 3 is 2.52 bits per heavy atom. The van der Waals surface area contributed by atoms with Crippen LogP contribution in [0.1, 0.15) is 40.3 Å². The minimum absolute atomic E-state index is 0.353. The van der Waals surface area contributed by atoms with Crippen LogP contribution in [0.2, 0.25) is 0 Å². The molecule has 0 radical (unpaired) electrons. The lowest BCUT2D eigenvalue weighted by molar-refractivity contribution is 0.0600. The van der Waals surface area contributed by atoms with E-state index in [0.717, 1.165) is 11.1 Å². The molecule has 1 aromatic carbocycles. The summed E-state index contributed by atoms with van der Waals surface area (Å²) in [7, 11) is 1.32. The number of hydrogen-bond acceptors (Lipinski definition) is 7. The third kappa shape index (κ3) is 4.37. The number of amides is 2. The number of urea groups is 1. The van der Waals surface area contributed by atoms with Gasteiger partial charge in [-0.2, -0.15) is 9.78 Å². The second kappa shape index (κ2) is 8.46. The highest BCUT2D eigenvalue weighted by Gasteiger charge is 2.19. The lowest BCUT2D eigenvalue weighted by Crippen LogP contribution is -2.33. The zero-order valence-corrected chi connectivity index (χ0v) is 16.5. The van der Waals surface area contributed by atoms with Gasteiger partial charge in [0.05, 0.1) is 18.7 Å². The lowest BCUT2D eigenvalue weighted by atomic mass is 10.0. The number of nitrogens with zero attached hydrogens (tertiary/aromatic N) is 5.